The average Bonchev–Trinajstić information content (AvgIpc) is 2.89. The molecule has 1 aromatic rings. The van der Waals surface area contributed by atoms with Crippen LogP contribution in [-0.2, 0) is 10.0 Å². The first-order valence-corrected chi connectivity index (χ1v) is 7.88. The Balaban J connectivity index is 2.33. The minimum atomic E-state index is -3.89. The lowest BCUT2D eigenvalue weighted by molar-refractivity contribution is 0.0691. The molecule has 1 heterocycles. The molecule has 0 radical (unpaired) electrons. The topological polar surface area (TPSA) is 94.9 Å². The maximum absolute atomic E-state index is 13.3. The zero-order valence-electron chi connectivity index (χ0n) is 11.4. The van der Waals surface area contributed by atoms with Crippen molar-refractivity contribution in [1.29, 1.82) is 0 Å². The number of hydrogen-bond donors (Lipinski definition) is 2. The second kappa shape index (κ2) is 5.70. The molecule has 0 aromatic heterocycles. The predicted molar refractivity (Wildman–Crippen MR) is 71.9 cm³/mol. The fourth-order valence-electron chi connectivity index (χ4n) is 2.34. The van der Waals surface area contributed by atoms with Crippen LogP contribution >= 0.6 is 0 Å². The van der Waals surface area contributed by atoms with Crippen molar-refractivity contribution in [3.63, 3.8) is 0 Å². The van der Waals surface area contributed by atoms with Crippen LogP contribution in [0.3, 0.4) is 0 Å². The number of carboxylic acids is 1. The third-order valence-electron chi connectivity index (χ3n) is 3.68. The fraction of sp³-hybridized carbons (Fsp3) is 0.462. The van der Waals surface area contributed by atoms with Crippen molar-refractivity contribution in [1.82, 2.24) is 4.31 Å². The van der Waals surface area contributed by atoms with E-state index in [4.69, 9.17) is 5.11 Å². The van der Waals surface area contributed by atoms with Gasteiger partial charge in [0.05, 0.1) is 16.6 Å². The number of rotatable bonds is 4. The van der Waals surface area contributed by atoms with Crippen LogP contribution in [0.2, 0.25) is 0 Å². The van der Waals surface area contributed by atoms with Gasteiger partial charge in [0.25, 0.3) is 0 Å². The third-order valence-corrected chi connectivity index (χ3v) is 5.54. The molecule has 2 atom stereocenters. The highest BCUT2D eigenvalue weighted by Gasteiger charge is 2.34. The first kappa shape index (κ1) is 15.9. The van der Waals surface area contributed by atoms with Gasteiger partial charge in [0.1, 0.15) is 5.82 Å². The number of aliphatic hydroxyl groups excluding tert-OH is 1. The summed E-state index contributed by atoms with van der Waals surface area (Å²) in [7, 11) is -3.89. The van der Waals surface area contributed by atoms with E-state index in [1.54, 1.807) is 6.92 Å². The number of halogens is 1. The van der Waals surface area contributed by atoms with Gasteiger partial charge in [0.2, 0.25) is 10.0 Å². The quantitative estimate of drug-likeness (QED) is 0.861. The Morgan fingerprint density at radius 2 is 2.14 bits per heavy atom. The van der Waals surface area contributed by atoms with E-state index in [9.17, 15) is 22.7 Å². The molecule has 1 aliphatic rings. The van der Waals surface area contributed by atoms with Crippen LogP contribution in [0.25, 0.3) is 0 Å². The minimum absolute atomic E-state index is 0.154. The average molecular weight is 317 g/mol. The fourth-order valence-corrected chi connectivity index (χ4v) is 3.88. The van der Waals surface area contributed by atoms with E-state index in [-0.39, 0.29) is 23.9 Å². The van der Waals surface area contributed by atoms with Crippen LogP contribution < -0.4 is 0 Å². The van der Waals surface area contributed by atoms with Gasteiger partial charge in [-0.3, -0.25) is 0 Å². The van der Waals surface area contributed by atoms with Crippen molar-refractivity contribution in [2.24, 2.45) is 5.92 Å². The molecule has 1 saturated heterocycles. The van der Waals surface area contributed by atoms with Gasteiger partial charge in [-0.15, -0.1) is 0 Å². The molecule has 0 amide bonds. The molecule has 1 fully saturated rings. The monoisotopic (exact) mass is 317 g/mol. The number of carbonyl (C=O) groups is 1. The number of aromatic carboxylic acids is 1. The Morgan fingerprint density at radius 3 is 2.67 bits per heavy atom. The van der Waals surface area contributed by atoms with Crippen LogP contribution in [0, 0.1) is 11.7 Å². The Kier molecular flexibility index (Phi) is 4.31. The summed E-state index contributed by atoms with van der Waals surface area (Å²) in [6.07, 6.45) is -0.0860. The van der Waals surface area contributed by atoms with Crippen molar-refractivity contribution < 1.29 is 27.8 Å². The van der Waals surface area contributed by atoms with Gasteiger partial charge in [0.15, 0.2) is 0 Å². The summed E-state index contributed by atoms with van der Waals surface area (Å²) < 4.78 is 39.4. The summed E-state index contributed by atoms with van der Waals surface area (Å²) in [6.45, 7) is 2.01. The number of nitrogens with zero attached hydrogens (tertiary/aromatic N) is 1. The standard InChI is InChI=1S/C13H16FNO5S/c1-8(16)9-4-5-15(7-9)21(19,20)10-2-3-12(14)11(6-10)13(17)18/h2-3,6,8-9,16H,4-5,7H2,1H3,(H,17,18). The minimum Gasteiger partial charge on any atom is -0.478 e. The molecule has 1 aromatic carbocycles. The van der Waals surface area contributed by atoms with E-state index < -0.39 is 33.5 Å². The Bertz CT molecular complexity index is 659. The first-order valence-electron chi connectivity index (χ1n) is 6.44. The molecule has 6 nitrogen and oxygen atoms in total. The first-order chi connectivity index (χ1) is 9.73. The molecule has 2 rings (SSSR count). The largest absolute Gasteiger partial charge is 0.478 e. The molecular weight excluding hydrogens is 301 g/mol. The van der Waals surface area contributed by atoms with E-state index >= 15 is 0 Å². The lowest BCUT2D eigenvalue weighted by Crippen LogP contribution is -2.30. The van der Waals surface area contributed by atoms with Gasteiger partial charge < -0.3 is 10.2 Å². The second-order valence-electron chi connectivity index (χ2n) is 5.10. The number of sulfonamides is 1. The van der Waals surface area contributed by atoms with Crippen molar-refractivity contribution in [3.05, 3.63) is 29.6 Å². The number of benzene rings is 1. The molecule has 116 valence electrons. The molecule has 0 aliphatic carbocycles. The molecule has 0 saturated carbocycles. The lowest BCUT2D eigenvalue weighted by atomic mass is 10.0. The van der Waals surface area contributed by atoms with Gasteiger partial charge in [-0.25, -0.2) is 17.6 Å². The molecule has 21 heavy (non-hydrogen) atoms. The highest BCUT2D eigenvalue weighted by atomic mass is 32.2. The summed E-state index contributed by atoms with van der Waals surface area (Å²) >= 11 is 0. The highest BCUT2D eigenvalue weighted by Crippen LogP contribution is 2.27. The zero-order valence-corrected chi connectivity index (χ0v) is 12.2. The van der Waals surface area contributed by atoms with Gasteiger partial charge in [-0.1, -0.05) is 0 Å². The predicted octanol–water partition coefficient (Wildman–Crippen LogP) is 0.915. The zero-order chi connectivity index (χ0) is 15.8. The van der Waals surface area contributed by atoms with Crippen molar-refractivity contribution in [2.75, 3.05) is 13.1 Å². The molecule has 1 aliphatic heterocycles. The second-order valence-corrected chi connectivity index (χ2v) is 7.04. The SMILES string of the molecule is CC(O)C1CCN(S(=O)(=O)c2ccc(F)c(C(=O)O)c2)C1. The summed E-state index contributed by atoms with van der Waals surface area (Å²) in [4.78, 5) is 10.6. The summed E-state index contributed by atoms with van der Waals surface area (Å²) in [5, 5.41) is 18.4. The Labute approximate surface area is 121 Å². The van der Waals surface area contributed by atoms with E-state index in [1.807, 2.05) is 0 Å². The van der Waals surface area contributed by atoms with Crippen molar-refractivity contribution in [3.8, 4) is 0 Å². The smallest absolute Gasteiger partial charge is 0.338 e. The molecule has 0 bridgehead atoms. The summed E-state index contributed by atoms with van der Waals surface area (Å²) in [6, 6.07) is 2.70. The van der Waals surface area contributed by atoms with Crippen LogP contribution in [0.1, 0.15) is 23.7 Å². The Hall–Kier alpha value is -1.51. The third kappa shape index (κ3) is 3.07. The maximum atomic E-state index is 13.3. The van der Waals surface area contributed by atoms with Crippen LogP contribution in [-0.4, -0.2) is 48.1 Å². The van der Waals surface area contributed by atoms with E-state index in [0.717, 1.165) is 18.2 Å². The molecule has 2 N–H and O–H groups in total. The van der Waals surface area contributed by atoms with E-state index in [0.29, 0.717) is 6.42 Å². The van der Waals surface area contributed by atoms with Crippen molar-refractivity contribution >= 4 is 16.0 Å². The maximum Gasteiger partial charge on any atom is 0.338 e. The number of carboxylic acid groups (broad SMARTS) is 1. The van der Waals surface area contributed by atoms with E-state index in [2.05, 4.69) is 0 Å². The molecular formula is C13H16FNO5S. The van der Waals surface area contributed by atoms with Crippen molar-refractivity contribution in [2.45, 2.75) is 24.3 Å². The molecule has 2 unspecified atom stereocenters. The normalized spacial score (nSPS) is 21.4. The van der Waals surface area contributed by atoms with Gasteiger partial charge in [-0.05, 0) is 37.5 Å². The number of hydrogen-bond acceptors (Lipinski definition) is 4. The summed E-state index contributed by atoms with van der Waals surface area (Å²) in [5.41, 5.74) is -0.678. The molecule has 0 spiro atoms. The van der Waals surface area contributed by atoms with Gasteiger partial charge >= 0.3 is 5.97 Å². The number of aliphatic hydroxyl groups is 1. The Morgan fingerprint density at radius 1 is 1.48 bits per heavy atom. The van der Waals surface area contributed by atoms with Crippen LogP contribution in [0.5, 0.6) is 0 Å². The lowest BCUT2D eigenvalue weighted by Gasteiger charge is -2.18. The summed E-state index contributed by atoms with van der Waals surface area (Å²) in [5.74, 6) is -2.66. The van der Waals surface area contributed by atoms with Crippen LogP contribution in [0.4, 0.5) is 4.39 Å². The van der Waals surface area contributed by atoms with Gasteiger partial charge in [0, 0.05) is 13.1 Å². The molecule has 8 heteroatoms. The van der Waals surface area contributed by atoms with Gasteiger partial charge in [-0.2, -0.15) is 4.31 Å². The van der Waals surface area contributed by atoms with E-state index in [1.165, 1.54) is 4.31 Å². The van der Waals surface area contributed by atoms with Crippen LogP contribution in [0.15, 0.2) is 23.1 Å². The highest BCUT2D eigenvalue weighted by molar-refractivity contribution is 7.89.